The van der Waals surface area contributed by atoms with Crippen molar-refractivity contribution in [2.45, 2.75) is 9.92 Å². The molecule has 0 saturated heterocycles. The van der Waals surface area contributed by atoms with Gasteiger partial charge in [0, 0.05) is 9.37 Å². The zero-order valence-electron chi connectivity index (χ0n) is 8.22. The smallest absolute Gasteiger partial charge is 0.141 e. The van der Waals surface area contributed by atoms with E-state index in [2.05, 4.69) is 20.9 Å². The first-order chi connectivity index (χ1) is 7.78. The molecule has 0 bridgehead atoms. The maximum absolute atomic E-state index is 8.74. The highest BCUT2D eigenvalue weighted by atomic mass is 79.9. The zero-order valence-corrected chi connectivity index (χ0v) is 10.6. The van der Waals surface area contributed by atoms with Crippen LogP contribution >= 0.6 is 27.7 Å². The Hall–Kier alpha value is -1.31. The van der Waals surface area contributed by atoms with Crippen molar-refractivity contribution < 1.29 is 0 Å². The molecule has 0 fully saturated rings. The van der Waals surface area contributed by atoms with Crippen LogP contribution in [0.1, 0.15) is 5.69 Å². The van der Waals surface area contributed by atoms with E-state index in [4.69, 9.17) is 5.26 Å². The summed E-state index contributed by atoms with van der Waals surface area (Å²) in [5.41, 5.74) is 0.446. The maximum Gasteiger partial charge on any atom is 0.141 e. The van der Waals surface area contributed by atoms with Crippen molar-refractivity contribution in [2.75, 3.05) is 0 Å². The third-order valence-electron chi connectivity index (χ3n) is 1.87. The summed E-state index contributed by atoms with van der Waals surface area (Å²) in [6.45, 7) is 0. The van der Waals surface area contributed by atoms with Gasteiger partial charge in [0.05, 0.1) is 0 Å². The SMILES string of the molecule is N#Cc1cccc(Sc2ccc(Br)cc2)n1. The normalized spacial score (nSPS) is 9.75. The van der Waals surface area contributed by atoms with Gasteiger partial charge in [-0.2, -0.15) is 5.26 Å². The number of pyridine rings is 1. The van der Waals surface area contributed by atoms with E-state index in [1.54, 1.807) is 17.8 Å². The Bertz CT molecular complexity index is 531. The fourth-order valence-corrected chi connectivity index (χ4v) is 2.23. The summed E-state index contributed by atoms with van der Waals surface area (Å²) in [4.78, 5) is 5.30. The molecule has 0 N–H and O–H groups in total. The van der Waals surface area contributed by atoms with Crippen LogP contribution in [-0.2, 0) is 0 Å². The molecule has 0 unspecified atom stereocenters. The molecule has 2 aromatic rings. The molecule has 0 amide bonds. The highest BCUT2D eigenvalue weighted by Crippen LogP contribution is 2.27. The summed E-state index contributed by atoms with van der Waals surface area (Å²) in [7, 11) is 0. The predicted octanol–water partition coefficient (Wildman–Crippen LogP) is 3.87. The Morgan fingerprint density at radius 2 is 1.88 bits per heavy atom. The number of halogens is 1. The molecule has 0 spiro atoms. The van der Waals surface area contributed by atoms with E-state index in [0.29, 0.717) is 5.69 Å². The van der Waals surface area contributed by atoms with Crippen LogP contribution in [0, 0.1) is 11.3 Å². The van der Waals surface area contributed by atoms with E-state index >= 15 is 0 Å². The summed E-state index contributed by atoms with van der Waals surface area (Å²) < 4.78 is 1.05. The summed E-state index contributed by atoms with van der Waals surface area (Å²) >= 11 is 4.93. The molecule has 0 aliphatic carbocycles. The quantitative estimate of drug-likeness (QED) is 0.842. The Morgan fingerprint density at radius 1 is 1.12 bits per heavy atom. The average molecular weight is 291 g/mol. The molecule has 0 radical (unpaired) electrons. The van der Waals surface area contributed by atoms with Crippen molar-refractivity contribution in [1.29, 1.82) is 5.26 Å². The Kier molecular flexibility index (Phi) is 3.60. The van der Waals surface area contributed by atoms with E-state index in [9.17, 15) is 0 Å². The minimum absolute atomic E-state index is 0.446. The van der Waals surface area contributed by atoms with Crippen molar-refractivity contribution >= 4 is 27.7 Å². The van der Waals surface area contributed by atoms with Crippen LogP contribution in [0.2, 0.25) is 0 Å². The van der Waals surface area contributed by atoms with Gasteiger partial charge in [-0.05, 0) is 36.4 Å². The number of nitriles is 1. The van der Waals surface area contributed by atoms with Crippen LogP contribution < -0.4 is 0 Å². The fourth-order valence-electron chi connectivity index (χ4n) is 1.16. The van der Waals surface area contributed by atoms with Gasteiger partial charge in [-0.15, -0.1) is 0 Å². The first-order valence-corrected chi connectivity index (χ1v) is 6.19. The first kappa shape index (κ1) is 11.2. The van der Waals surface area contributed by atoms with Gasteiger partial charge in [0.15, 0.2) is 0 Å². The molecule has 0 saturated carbocycles. The molecule has 78 valence electrons. The van der Waals surface area contributed by atoms with Gasteiger partial charge < -0.3 is 0 Å². The van der Waals surface area contributed by atoms with Crippen LogP contribution in [0.3, 0.4) is 0 Å². The molecular formula is C12H7BrN2S. The van der Waals surface area contributed by atoms with Crippen LogP contribution in [0.4, 0.5) is 0 Å². The zero-order chi connectivity index (χ0) is 11.4. The van der Waals surface area contributed by atoms with Gasteiger partial charge in [0.25, 0.3) is 0 Å². The Balaban J connectivity index is 2.21. The summed E-state index contributed by atoms with van der Waals surface area (Å²) in [5.74, 6) is 0. The summed E-state index contributed by atoms with van der Waals surface area (Å²) in [6.07, 6.45) is 0. The number of nitrogens with zero attached hydrogens (tertiary/aromatic N) is 2. The second kappa shape index (κ2) is 5.15. The van der Waals surface area contributed by atoms with Gasteiger partial charge in [0.2, 0.25) is 0 Å². The minimum atomic E-state index is 0.446. The molecule has 1 heterocycles. The van der Waals surface area contributed by atoms with Gasteiger partial charge in [0.1, 0.15) is 16.8 Å². The Morgan fingerprint density at radius 3 is 2.56 bits per heavy atom. The molecule has 2 nitrogen and oxygen atoms in total. The lowest BCUT2D eigenvalue weighted by Gasteiger charge is -2.00. The van der Waals surface area contributed by atoms with E-state index < -0.39 is 0 Å². The van der Waals surface area contributed by atoms with Gasteiger partial charge >= 0.3 is 0 Å². The molecule has 1 aromatic carbocycles. The van der Waals surface area contributed by atoms with Gasteiger partial charge in [-0.25, -0.2) is 4.98 Å². The lowest BCUT2D eigenvalue weighted by molar-refractivity contribution is 1.10. The van der Waals surface area contributed by atoms with Crippen molar-refractivity contribution in [3.05, 3.63) is 52.6 Å². The topological polar surface area (TPSA) is 36.7 Å². The van der Waals surface area contributed by atoms with E-state index in [0.717, 1.165) is 14.4 Å². The molecular weight excluding hydrogens is 284 g/mol. The van der Waals surface area contributed by atoms with Crippen molar-refractivity contribution in [1.82, 2.24) is 4.98 Å². The van der Waals surface area contributed by atoms with Crippen LogP contribution in [0.25, 0.3) is 0 Å². The minimum Gasteiger partial charge on any atom is -0.230 e. The number of rotatable bonds is 2. The molecule has 0 aliphatic heterocycles. The largest absolute Gasteiger partial charge is 0.230 e. The highest BCUT2D eigenvalue weighted by molar-refractivity contribution is 9.10. The van der Waals surface area contributed by atoms with Crippen molar-refractivity contribution in [3.63, 3.8) is 0 Å². The average Bonchev–Trinajstić information content (AvgIpc) is 2.32. The summed E-state index contributed by atoms with van der Waals surface area (Å²) in [5, 5.41) is 9.57. The van der Waals surface area contributed by atoms with Gasteiger partial charge in [-0.1, -0.05) is 33.8 Å². The highest BCUT2D eigenvalue weighted by Gasteiger charge is 2.00. The molecule has 0 aliphatic rings. The van der Waals surface area contributed by atoms with Gasteiger partial charge in [-0.3, -0.25) is 0 Å². The fraction of sp³-hybridized carbons (Fsp3) is 0. The first-order valence-electron chi connectivity index (χ1n) is 4.58. The van der Waals surface area contributed by atoms with E-state index in [-0.39, 0.29) is 0 Å². The molecule has 0 atom stereocenters. The maximum atomic E-state index is 8.74. The third-order valence-corrected chi connectivity index (χ3v) is 3.35. The van der Waals surface area contributed by atoms with Crippen molar-refractivity contribution in [2.24, 2.45) is 0 Å². The van der Waals surface area contributed by atoms with E-state index in [1.807, 2.05) is 42.5 Å². The predicted molar refractivity (Wildman–Crippen MR) is 67.2 cm³/mol. The number of benzene rings is 1. The number of aromatic nitrogens is 1. The van der Waals surface area contributed by atoms with Crippen LogP contribution in [0.5, 0.6) is 0 Å². The van der Waals surface area contributed by atoms with Crippen molar-refractivity contribution in [3.8, 4) is 6.07 Å². The lowest BCUT2D eigenvalue weighted by Crippen LogP contribution is -1.84. The molecule has 16 heavy (non-hydrogen) atoms. The second-order valence-electron chi connectivity index (χ2n) is 3.03. The summed E-state index contributed by atoms with van der Waals surface area (Å²) in [6, 6.07) is 15.5. The van der Waals surface area contributed by atoms with Crippen LogP contribution in [0.15, 0.2) is 56.9 Å². The standard InChI is InChI=1S/C12H7BrN2S/c13-9-4-6-11(7-5-9)16-12-3-1-2-10(8-14)15-12/h1-7H. The lowest BCUT2D eigenvalue weighted by atomic mass is 10.4. The second-order valence-corrected chi connectivity index (χ2v) is 5.04. The molecule has 1 aromatic heterocycles. The Labute approximate surface area is 106 Å². The monoisotopic (exact) mass is 290 g/mol. The molecule has 2 rings (SSSR count). The number of hydrogen-bond acceptors (Lipinski definition) is 3. The number of hydrogen-bond donors (Lipinski definition) is 0. The third kappa shape index (κ3) is 2.84. The van der Waals surface area contributed by atoms with Crippen LogP contribution in [-0.4, -0.2) is 4.98 Å². The molecule has 4 heteroatoms. The van der Waals surface area contributed by atoms with E-state index in [1.165, 1.54) is 0 Å².